The van der Waals surface area contributed by atoms with Crippen molar-refractivity contribution >= 4 is 45.9 Å². The van der Waals surface area contributed by atoms with Crippen LogP contribution in [0, 0.1) is 17.0 Å². The second-order valence-electron chi connectivity index (χ2n) is 6.64. The van der Waals surface area contributed by atoms with Crippen LogP contribution in [0.4, 0.5) is 5.69 Å². The van der Waals surface area contributed by atoms with Gasteiger partial charge in [-0.25, -0.2) is 0 Å². The van der Waals surface area contributed by atoms with Gasteiger partial charge in [0.15, 0.2) is 5.65 Å². The zero-order valence-corrected chi connectivity index (χ0v) is 16.9. The largest absolute Gasteiger partial charge is 0.480 e. The number of carboxylic acid groups (broad SMARTS) is 1. The van der Waals surface area contributed by atoms with Gasteiger partial charge in [0.1, 0.15) is 6.54 Å². The van der Waals surface area contributed by atoms with Gasteiger partial charge in [-0.15, -0.1) is 10.2 Å². The fourth-order valence-electron chi connectivity index (χ4n) is 3.18. The van der Waals surface area contributed by atoms with E-state index in [1.165, 1.54) is 12.1 Å². The maximum atomic E-state index is 12.1. The first-order valence-electron chi connectivity index (χ1n) is 9.05. The molecule has 156 valence electrons. The first-order chi connectivity index (χ1) is 14.8. The van der Waals surface area contributed by atoms with E-state index in [0.29, 0.717) is 10.8 Å². The number of nitrogens with zero attached hydrogens (tertiary/aromatic N) is 4. The van der Waals surface area contributed by atoms with Gasteiger partial charge in [0, 0.05) is 17.0 Å². The lowest BCUT2D eigenvalue weighted by Crippen LogP contribution is -2.29. The molecule has 0 aliphatic rings. The highest BCUT2D eigenvalue weighted by Crippen LogP contribution is 2.36. The zero-order valence-electron chi connectivity index (χ0n) is 16.1. The third-order valence-corrected chi connectivity index (χ3v) is 5.60. The number of nitro groups is 1. The molecule has 0 bridgehead atoms. The number of amides is 1. The molecule has 1 amide bonds. The van der Waals surface area contributed by atoms with Crippen LogP contribution >= 0.6 is 11.8 Å². The van der Waals surface area contributed by atoms with E-state index in [4.69, 9.17) is 5.11 Å². The van der Waals surface area contributed by atoms with Crippen molar-refractivity contribution in [1.29, 1.82) is 0 Å². The molecule has 2 heterocycles. The number of hydrogen-bond acceptors (Lipinski definition) is 7. The first-order valence-corrected chi connectivity index (χ1v) is 9.86. The number of carboxylic acids is 1. The number of para-hydroxylation sites is 1. The number of aliphatic carboxylic acids is 1. The molecule has 0 atom stereocenters. The molecular weight excluding hydrogens is 422 g/mol. The molecule has 0 unspecified atom stereocenters. The van der Waals surface area contributed by atoms with E-state index in [1.54, 1.807) is 0 Å². The fraction of sp³-hybridized carbons (Fsp3) is 0.100. The number of aryl methyl sites for hydroxylation is 1. The number of carbonyl (C=O) groups is 2. The predicted octanol–water partition coefficient (Wildman–Crippen LogP) is 3.06. The Morgan fingerprint density at radius 2 is 1.97 bits per heavy atom. The number of nitrogens with one attached hydrogen (secondary N) is 1. The summed E-state index contributed by atoms with van der Waals surface area (Å²) in [4.78, 5) is 34.0. The van der Waals surface area contributed by atoms with Crippen molar-refractivity contribution in [3.05, 3.63) is 69.8 Å². The molecule has 11 heteroatoms. The van der Waals surface area contributed by atoms with Gasteiger partial charge in [0.05, 0.1) is 15.3 Å². The third-order valence-electron chi connectivity index (χ3n) is 4.59. The summed E-state index contributed by atoms with van der Waals surface area (Å²) in [7, 11) is 0. The first kappa shape index (κ1) is 20.3. The van der Waals surface area contributed by atoms with Crippen LogP contribution in [0.2, 0.25) is 0 Å². The maximum Gasteiger partial charge on any atom is 0.322 e. The minimum Gasteiger partial charge on any atom is -0.480 e. The number of rotatable bonds is 6. The smallest absolute Gasteiger partial charge is 0.322 e. The van der Waals surface area contributed by atoms with Gasteiger partial charge in [-0.3, -0.25) is 24.1 Å². The Morgan fingerprint density at radius 1 is 1.19 bits per heavy atom. The molecule has 0 aliphatic heterocycles. The Morgan fingerprint density at radius 3 is 2.71 bits per heavy atom. The van der Waals surface area contributed by atoms with Gasteiger partial charge in [0.2, 0.25) is 5.16 Å². The van der Waals surface area contributed by atoms with Crippen LogP contribution in [0.25, 0.3) is 16.6 Å². The second kappa shape index (κ2) is 8.03. The lowest BCUT2D eigenvalue weighted by Gasteiger charge is -2.08. The molecule has 2 aromatic carbocycles. The van der Waals surface area contributed by atoms with Crippen molar-refractivity contribution in [3.63, 3.8) is 0 Å². The molecule has 0 spiro atoms. The normalized spacial score (nSPS) is 11.0. The molecule has 0 saturated heterocycles. The summed E-state index contributed by atoms with van der Waals surface area (Å²) in [5.74, 6) is -1.92. The summed E-state index contributed by atoms with van der Waals surface area (Å²) in [6, 6.07) is 13.6. The van der Waals surface area contributed by atoms with Crippen LogP contribution in [0.1, 0.15) is 15.9 Å². The Kier molecular flexibility index (Phi) is 5.26. The predicted molar refractivity (Wildman–Crippen MR) is 112 cm³/mol. The fourth-order valence-corrected chi connectivity index (χ4v) is 4.12. The maximum absolute atomic E-state index is 12.1. The number of nitro benzene ring substituents is 1. The van der Waals surface area contributed by atoms with Crippen molar-refractivity contribution in [2.45, 2.75) is 17.0 Å². The average molecular weight is 437 g/mol. The molecule has 0 radical (unpaired) electrons. The molecule has 0 saturated carbocycles. The van der Waals surface area contributed by atoms with Gasteiger partial charge in [0.25, 0.3) is 11.6 Å². The lowest BCUT2D eigenvalue weighted by atomic mass is 10.1. The van der Waals surface area contributed by atoms with Gasteiger partial charge in [-0.05, 0) is 48.5 Å². The van der Waals surface area contributed by atoms with E-state index in [2.05, 4.69) is 15.5 Å². The monoisotopic (exact) mass is 437 g/mol. The molecule has 4 aromatic rings. The summed E-state index contributed by atoms with van der Waals surface area (Å²) in [5.41, 5.74) is 2.23. The summed E-state index contributed by atoms with van der Waals surface area (Å²) >= 11 is 1.06. The molecule has 10 nitrogen and oxygen atoms in total. The number of pyridine rings is 1. The number of fused-ring (bicyclic) bond motifs is 3. The van der Waals surface area contributed by atoms with E-state index in [-0.39, 0.29) is 16.1 Å². The SMILES string of the molecule is Cc1cc2nnc(Sc3ccc(C(=O)NCC(=O)O)cc3[N+](=O)[O-])n2c2ccccc12. The highest BCUT2D eigenvalue weighted by Gasteiger charge is 2.21. The highest BCUT2D eigenvalue weighted by molar-refractivity contribution is 7.99. The summed E-state index contributed by atoms with van der Waals surface area (Å²) in [5, 5.41) is 32.3. The van der Waals surface area contributed by atoms with Crippen molar-refractivity contribution in [1.82, 2.24) is 19.9 Å². The van der Waals surface area contributed by atoms with Crippen molar-refractivity contribution in [2.75, 3.05) is 6.54 Å². The summed E-state index contributed by atoms with van der Waals surface area (Å²) < 4.78 is 1.82. The highest BCUT2D eigenvalue weighted by atomic mass is 32.2. The number of carbonyl (C=O) groups excluding carboxylic acids is 1. The van der Waals surface area contributed by atoms with Gasteiger partial charge < -0.3 is 10.4 Å². The number of hydrogen-bond donors (Lipinski definition) is 2. The third kappa shape index (κ3) is 3.90. The summed E-state index contributed by atoms with van der Waals surface area (Å²) in [6.07, 6.45) is 0. The molecule has 2 aromatic heterocycles. The van der Waals surface area contributed by atoms with Crippen molar-refractivity contribution in [3.8, 4) is 0 Å². The van der Waals surface area contributed by atoms with Crippen LogP contribution in [-0.4, -0.2) is 43.0 Å². The standard InChI is InChI=1S/C20H15N5O5S/c1-11-8-17-22-23-20(24(17)14-5-3-2-4-13(11)14)31-16-7-6-12(9-15(16)25(29)30)19(28)21-10-18(26)27/h2-9H,10H2,1H3,(H,21,28)(H,26,27). The van der Waals surface area contributed by atoms with E-state index in [1.807, 2.05) is 41.7 Å². The molecular formula is C20H15N5O5S. The Labute approximate surface area is 179 Å². The lowest BCUT2D eigenvalue weighted by molar-refractivity contribution is -0.387. The van der Waals surface area contributed by atoms with Crippen LogP contribution in [0.3, 0.4) is 0 Å². The van der Waals surface area contributed by atoms with E-state index in [9.17, 15) is 19.7 Å². The molecule has 0 fully saturated rings. The van der Waals surface area contributed by atoms with Crippen LogP contribution in [0.15, 0.2) is 58.6 Å². The van der Waals surface area contributed by atoms with Gasteiger partial charge in [-0.2, -0.15) is 0 Å². The van der Waals surface area contributed by atoms with Crippen LogP contribution in [-0.2, 0) is 4.79 Å². The van der Waals surface area contributed by atoms with Crippen molar-refractivity contribution in [2.24, 2.45) is 0 Å². The Balaban J connectivity index is 1.75. The Hall–Kier alpha value is -3.99. The molecule has 31 heavy (non-hydrogen) atoms. The van der Waals surface area contributed by atoms with Gasteiger partial charge in [-0.1, -0.05) is 18.2 Å². The average Bonchev–Trinajstić information content (AvgIpc) is 3.14. The van der Waals surface area contributed by atoms with E-state index >= 15 is 0 Å². The summed E-state index contributed by atoms with van der Waals surface area (Å²) in [6.45, 7) is 1.39. The van der Waals surface area contributed by atoms with E-state index in [0.717, 1.165) is 34.3 Å². The number of benzene rings is 2. The minimum absolute atomic E-state index is 0.00974. The second-order valence-corrected chi connectivity index (χ2v) is 7.65. The van der Waals surface area contributed by atoms with Crippen LogP contribution < -0.4 is 5.32 Å². The van der Waals surface area contributed by atoms with Crippen LogP contribution in [0.5, 0.6) is 0 Å². The van der Waals surface area contributed by atoms with Gasteiger partial charge >= 0.3 is 5.97 Å². The minimum atomic E-state index is -1.21. The Bertz CT molecular complexity index is 1370. The zero-order chi connectivity index (χ0) is 22.1. The quantitative estimate of drug-likeness (QED) is 0.346. The topological polar surface area (TPSA) is 140 Å². The molecule has 2 N–H and O–H groups in total. The number of aromatic nitrogens is 3. The molecule has 0 aliphatic carbocycles. The molecule has 4 rings (SSSR count). The van der Waals surface area contributed by atoms with Crippen molar-refractivity contribution < 1.29 is 19.6 Å². The van der Waals surface area contributed by atoms with E-state index < -0.39 is 23.3 Å².